The highest BCUT2D eigenvalue weighted by Gasteiger charge is 2.04. The number of aromatic nitrogens is 2. The van der Waals surface area contributed by atoms with Gasteiger partial charge in [0.05, 0.1) is 12.5 Å². The van der Waals surface area contributed by atoms with Crippen molar-refractivity contribution in [3.05, 3.63) is 23.7 Å². The summed E-state index contributed by atoms with van der Waals surface area (Å²) in [5.74, 6) is 0.581. The lowest BCUT2D eigenvalue weighted by molar-refractivity contribution is 0.398. The molecule has 0 aliphatic carbocycles. The smallest absolute Gasteiger partial charge is 0.222 e. The molecule has 72 valence electrons. The molecule has 0 fully saturated rings. The fraction of sp³-hybridized carbons (Fsp3) is 0.111. The number of nitrogens with zero attached hydrogens (tertiary/aromatic N) is 2. The second kappa shape index (κ2) is 3.63. The number of pyridine rings is 1. The van der Waals surface area contributed by atoms with Crippen LogP contribution in [0.2, 0.25) is 0 Å². The van der Waals surface area contributed by atoms with Crippen molar-refractivity contribution in [2.75, 3.05) is 7.11 Å². The highest BCUT2D eigenvalue weighted by molar-refractivity contribution is 7.13. The first-order chi connectivity index (χ1) is 6.79. The highest BCUT2D eigenvalue weighted by Crippen LogP contribution is 2.27. The Bertz CT molecular complexity index is 442. The van der Waals surface area contributed by atoms with Crippen molar-refractivity contribution in [2.45, 2.75) is 0 Å². The van der Waals surface area contributed by atoms with Crippen LogP contribution in [0.4, 0.5) is 0 Å². The Hall–Kier alpha value is -1.62. The van der Waals surface area contributed by atoms with E-state index in [0.29, 0.717) is 5.88 Å². The van der Waals surface area contributed by atoms with Gasteiger partial charge in [0.1, 0.15) is 5.01 Å². The van der Waals surface area contributed by atoms with Gasteiger partial charge < -0.3 is 9.84 Å². The molecule has 4 nitrogen and oxygen atoms in total. The van der Waals surface area contributed by atoms with E-state index in [1.807, 2.05) is 6.07 Å². The van der Waals surface area contributed by atoms with Crippen molar-refractivity contribution in [1.29, 1.82) is 0 Å². The summed E-state index contributed by atoms with van der Waals surface area (Å²) in [5.41, 5.74) is 0.891. The summed E-state index contributed by atoms with van der Waals surface area (Å²) in [7, 11) is 1.56. The SMILES string of the molecule is COc1cc(-c2nc(O)cs2)ccn1. The molecule has 0 spiro atoms. The predicted molar refractivity (Wildman–Crippen MR) is 53.6 cm³/mol. The molecule has 0 aliphatic rings. The van der Waals surface area contributed by atoms with Crippen molar-refractivity contribution in [3.8, 4) is 22.3 Å². The van der Waals surface area contributed by atoms with Crippen LogP contribution in [0, 0.1) is 0 Å². The third-order valence-electron chi connectivity index (χ3n) is 1.68. The summed E-state index contributed by atoms with van der Waals surface area (Å²) in [6.45, 7) is 0. The van der Waals surface area contributed by atoms with Gasteiger partial charge in [0.15, 0.2) is 0 Å². The van der Waals surface area contributed by atoms with Crippen LogP contribution in [-0.4, -0.2) is 22.2 Å². The van der Waals surface area contributed by atoms with E-state index in [9.17, 15) is 0 Å². The molecule has 0 bridgehead atoms. The molecule has 14 heavy (non-hydrogen) atoms. The van der Waals surface area contributed by atoms with E-state index in [1.54, 1.807) is 24.8 Å². The number of aromatic hydroxyl groups is 1. The normalized spacial score (nSPS) is 10.1. The van der Waals surface area contributed by atoms with E-state index >= 15 is 0 Å². The van der Waals surface area contributed by atoms with E-state index in [-0.39, 0.29) is 5.88 Å². The molecule has 2 aromatic heterocycles. The molecule has 0 radical (unpaired) electrons. The van der Waals surface area contributed by atoms with Crippen LogP contribution in [0.15, 0.2) is 23.7 Å². The van der Waals surface area contributed by atoms with Gasteiger partial charge in [-0.2, -0.15) is 0 Å². The maximum absolute atomic E-state index is 9.09. The monoisotopic (exact) mass is 208 g/mol. The van der Waals surface area contributed by atoms with E-state index in [1.165, 1.54) is 11.3 Å². The van der Waals surface area contributed by atoms with Crippen LogP contribution in [-0.2, 0) is 0 Å². The molecule has 0 aliphatic heterocycles. The second-order valence-corrected chi connectivity index (χ2v) is 3.46. The van der Waals surface area contributed by atoms with Crippen LogP contribution in [0.1, 0.15) is 0 Å². The first kappa shape index (κ1) is 8.96. The lowest BCUT2D eigenvalue weighted by atomic mass is 10.3. The molecule has 2 rings (SSSR count). The molecule has 2 aromatic rings. The Balaban J connectivity index is 2.41. The van der Waals surface area contributed by atoms with E-state index in [0.717, 1.165) is 10.6 Å². The Morgan fingerprint density at radius 3 is 3.00 bits per heavy atom. The molecule has 0 saturated carbocycles. The first-order valence-corrected chi connectivity index (χ1v) is 4.82. The Kier molecular flexibility index (Phi) is 2.32. The number of ether oxygens (including phenoxy) is 1. The first-order valence-electron chi connectivity index (χ1n) is 3.94. The van der Waals surface area contributed by atoms with E-state index in [2.05, 4.69) is 9.97 Å². The zero-order valence-electron chi connectivity index (χ0n) is 7.47. The number of methoxy groups -OCH3 is 1. The number of hydrogen-bond donors (Lipinski definition) is 1. The minimum absolute atomic E-state index is 0.0424. The van der Waals surface area contributed by atoms with Crippen molar-refractivity contribution >= 4 is 11.3 Å². The summed E-state index contributed by atoms with van der Waals surface area (Å²) in [6.07, 6.45) is 1.65. The van der Waals surface area contributed by atoms with E-state index < -0.39 is 0 Å². The lowest BCUT2D eigenvalue weighted by Gasteiger charge is -1.99. The molecule has 0 saturated heterocycles. The van der Waals surface area contributed by atoms with Crippen LogP contribution < -0.4 is 4.74 Å². The van der Waals surface area contributed by atoms with Gasteiger partial charge >= 0.3 is 0 Å². The van der Waals surface area contributed by atoms with Gasteiger partial charge in [0.2, 0.25) is 11.8 Å². The molecular formula is C9H8N2O2S. The summed E-state index contributed by atoms with van der Waals surface area (Å²) < 4.78 is 4.99. The van der Waals surface area contributed by atoms with Crippen molar-refractivity contribution < 1.29 is 9.84 Å². The number of hydrogen-bond acceptors (Lipinski definition) is 5. The third-order valence-corrected chi connectivity index (χ3v) is 2.56. The quantitative estimate of drug-likeness (QED) is 0.819. The van der Waals surface area contributed by atoms with E-state index in [4.69, 9.17) is 9.84 Å². The van der Waals surface area contributed by atoms with Crippen LogP contribution >= 0.6 is 11.3 Å². The zero-order valence-corrected chi connectivity index (χ0v) is 8.28. The van der Waals surface area contributed by atoms with Crippen molar-refractivity contribution in [1.82, 2.24) is 9.97 Å². The van der Waals surface area contributed by atoms with Gasteiger partial charge in [-0.25, -0.2) is 9.97 Å². The largest absolute Gasteiger partial charge is 0.493 e. The summed E-state index contributed by atoms with van der Waals surface area (Å²) in [6, 6.07) is 3.60. The maximum atomic E-state index is 9.09. The molecule has 0 unspecified atom stereocenters. The molecular weight excluding hydrogens is 200 g/mol. The number of rotatable bonds is 2. The standard InChI is InChI=1S/C9H8N2O2S/c1-13-8-4-6(2-3-10-8)9-11-7(12)5-14-9/h2-5,12H,1H3. The molecule has 5 heteroatoms. The highest BCUT2D eigenvalue weighted by atomic mass is 32.1. The molecule has 0 aromatic carbocycles. The topological polar surface area (TPSA) is 55.2 Å². The maximum Gasteiger partial charge on any atom is 0.222 e. The molecule has 0 atom stereocenters. The van der Waals surface area contributed by atoms with Gasteiger partial charge in [-0.3, -0.25) is 0 Å². The Morgan fingerprint density at radius 1 is 1.50 bits per heavy atom. The van der Waals surface area contributed by atoms with Gasteiger partial charge in [-0.15, -0.1) is 11.3 Å². The average molecular weight is 208 g/mol. The van der Waals surface area contributed by atoms with Crippen molar-refractivity contribution in [2.24, 2.45) is 0 Å². The Labute approximate surface area is 84.8 Å². The van der Waals surface area contributed by atoms with Gasteiger partial charge in [-0.1, -0.05) is 0 Å². The zero-order chi connectivity index (χ0) is 9.97. The molecule has 1 N–H and O–H groups in total. The van der Waals surface area contributed by atoms with Gasteiger partial charge in [0, 0.05) is 17.8 Å². The van der Waals surface area contributed by atoms with Gasteiger partial charge in [-0.05, 0) is 6.07 Å². The fourth-order valence-electron chi connectivity index (χ4n) is 1.05. The van der Waals surface area contributed by atoms with Gasteiger partial charge in [0.25, 0.3) is 0 Å². The van der Waals surface area contributed by atoms with Crippen LogP contribution in [0.3, 0.4) is 0 Å². The summed E-state index contributed by atoms with van der Waals surface area (Å²) in [5, 5.41) is 11.4. The fourth-order valence-corrected chi connectivity index (χ4v) is 1.73. The third kappa shape index (κ3) is 1.67. The lowest BCUT2D eigenvalue weighted by Crippen LogP contribution is -1.86. The minimum atomic E-state index is 0.0424. The Morgan fingerprint density at radius 2 is 2.36 bits per heavy atom. The second-order valence-electron chi connectivity index (χ2n) is 2.60. The van der Waals surface area contributed by atoms with Crippen LogP contribution in [0.25, 0.3) is 10.6 Å². The predicted octanol–water partition coefficient (Wildman–Crippen LogP) is 1.92. The van der Waals surface area contributed by atoms with Crippen LogP contribution in [0.5, 0.6) is 11.8 Å². The number of thiazole rings is 1. The average Bonchev–Trinajstić information content (AvgIpc) is 2.65. The minimum Gasteiger partial charge on any atom is -0.493 e. The molecule has 0 amide bonds. The summed E-state index contributed by atoms with van der Waals surface area (Å²) >= 11 is 1.38. The van der Waals surface area contributed by atoms with Crippen molar-refractivity contribution in [3.63, 3.8) is 0 Å². The summed E-state index contributed by atoms with van der Waals surface area (Å²) in [4.78, 5) is 7.93. The molecule has 2 heterocycles.